The van der Waals surface area contributed by atoms with Crippen molar-refractivity contribution >= 4 is 17.5 Å². The second kappa shape index (κ2) is 8.03. The molecule has 142 valence electrons. The Hall–Kier alpha value is -3.16. The van der Waals surface area contributed by atoms with Gasteiger partial charge in [0, 0.05) is 69.0 Å². The van der Waals surface area contributed by atoms with Crippen LogP contribution in [0.5, 0.6) is 0 Å². The van der Waals surface area contributed by atoms with E-state index in [0.717, 1.165) is 29.5 Å². The fourth-order valence-electron chi connectivity index (χ4n) is 3.12. The molecule has 0 aromatic carbocycles. The zero-order valence-corrected chi connectivity index (χ0v) is 15.8. The Balaban J connectivity index is 1.84. The molecule has 0 aliphatic carbocycles. The molecule has 8 nitrogen and oxygen atoms in total. The number of pyridine rings is 1. The van der Waals surface area contributed by atoms with Crippen molar-refractivity contribution in [2.24, 2.45) is 17.8 Å². The number of piperidine rings is 1. The lowest BCUT2D eigenvalue weighted by molar-refractivity contribution is -0.138. The topological polar surface area (TPSA) is 98.6 Å². The number of hydrogen-bond acceptors (Lipinski definition) is 7. The van der Waals surface area contributed by atoms with Crippen molar-refractivity contribution in [2.75, 3.05) is 31.6 Å². The summed E-state index contributed by atoms with van der Waals surface area (Å²) in [7, 11) is 3.66. The zero-order valence-electron chi connectivity index (χ0n) is 15.8. The van der Waals surface area contributed by atoms with Crippen molar-refractivity contribution in [3.05, 3.63) is 42.0 Å². The number of aryl methyl sites for hydroxylation is 1. The standard InChI is InChI=1S/C19H24N6O2/c1-4-27-19(26)17(20)14-12-25(9-7-15(14)21-2)16-6-5-13(11-23-16)18-22-8-10-24(18)3/h5-6,8,10-11H,4,7,9,12,20H2,1-3H3/b17-14-,21-15?. The quantitative estimate of drug-likeness (QED) is 0.649. The first kappa shape index (κ1) is 18.6. The fourth-order valence-corrected chi connectivity index (χ4v) is 3.12. The Kier molecular flexibility index (Phi) is 5.54. The summed E-state index contributed by atoms with van der Waals surface area (Å²) in [4.78, 5) is 27.3. The van der Waals surface area contributed by atoms with Crippen LogP contribution in [0, 0.1) is 0 Å². The summed E-state index contributed by atoms with van der Waals surface area (Å²) < 4.78 is 6.99. The second-order valence-electron chi connectivity index (χ2n) is 6.22. The average Bonchev–Trinajstić information content (AvgIpc) is 3.13. The maximum atomic E-state index is 12.1. The molecular formula is C19H24N6O2. The van der Waals surface area contributed by atoms with Gasteiger partial charge in [0.1, 0.15) is 17.3 Å². The van der Waals surface area contributed by atoms with E-state index in [0.29, 0.717) is 18.5 Å². The van der Waals surface area contributed by atoms with Gasteiger partial charge in [-0.1, -0.05) is 0 Å². The van der Waals surface area contributed by atoms with Crippen molar-refractivity contribution in [2.45, 2.75) is 13.3 Å². The van der Waals surface area contributed by atoms with Gasteiger partial charge in [0.15, 0.2) is 0 Å². The molecule has 0 saturated carbocycles. The van der Waals surface area contributed by atoms with E-state index >= 15 is 0 Å². The van der Waals surface area contributed by atoms with Crippen LogP contribution in [-0.2, 0) is 16.6 Å². The van der Waals surface area contributed by atoms with E-state index in [-0.39, 0.29) is 12.3 Å². The van der Waals surface area contributed by atoms with Crippen LogP contribution in [0.3, 0.4) is 0 Å². The van der Waals surface area contributed by atoms with Crippen molar-refractivity contribution in [1.29, 1.82) is 0 Å². The Morgan fingerprint density at radius 1 is 1.37 bits per heavy atom. The maximum Gasteiger partial charge on any atom is 0.354 e. The molecular weight excluding hydrogens is 344 g/mol. The highest BCUT2D eigenvalue weighted by Crippen LogP contribution is 2.24. The van der Waals surface area contributed by atoms with E-state index in [4.69, 9.17) is 10.5 Å². The van der Waals surface area contributed by atoms with Gasteiger partial charge in [-0.2, -0.15) is 0 Å². The summed E-state index contributed by atoms with van der Waals surface area (Å²) in [5.74, 6) is 1.17. The molecule has 0 atom stereocenters. The average molecular weight is 368 g/mol. The third kappa shape index (κ3) is 3.84. The van der Waals surface area contributed by atoms with Crippen LogP contribution < -0.4 is 10.6 Å². The van der Waals surface area contributed by atoms with Crippen LogP contribution in [0.1, 0.15) is 13.3 Å². The molecule has 0 spiro atoms. The van der Waals surface area contributed by atoms with E-state index in [1.165, 1.54) is 0 Å². The van der Waals surface area contributed by atoms with Crippen LogP contribution >= 0.6 is 0 Å². The van der Waals surface area contributed by atoms with E-state index in [9.17, 15) is 4.79 Å². The molecule has 0 radical (unpaired) electrons. The molecule has 3 rings (SSSR count). The first-order valence-corrected chi connectivity index (χ1v) is 8.85. The first-order valence-electron chi connectivity index (χ1n) is 8.85. The number of nitrogens with zero attached hydrogens (tertiary/aromatic N) is 5. The maximum absolute atomic E-state index is 12.1. The third-order valence-electron chi connectivity index (χ3n) is 4.56. The molecule has 2 aromatic rings. The molecule has 2 N–H and O–H groups in total. The molecule has 1 aliphatic heterocycles. The summed E-state index contributed by atoms with van der Waals surface area (Å²) in [5.41, 5.74) is 8.66. The minimum absolute atomic E-state index is 0.117. The summed E-state index contributed by atoms with van der Waals surface area (Å²) in [6, 6.07) is 3.95. The molecule has 0 unspecified atom stereocenters. The van der Waals surface area contributed by atoms with Crippen molar-refractivity contribution < 1.29 is 9.53 Å². The number of anilines is 1. The van der Waals surface area contributed by atoms with E-state index in [1.54, 1.807) is 26.4 Å². The number of aliphatic imine (C=N–C) groups is 1. The van der Waals surface area contributed by atoms with E-state index in [1.807, 2.05) is 29.9 Å². The van der Waals surface area contributed by atoms with Crippen LogP contribution in [0.15, 0.2) is 47.0 Å². The third-order valence-corrected chi connectivity index (χ3v) is 4.56. The molecule has 27 heavy (non-hydrogen) atoms. The number of carbonyl (C=O) groups is 1. The number of aromatic nitrogens is 3. The summed E-state index contributed by atoms with van der Waals surface area (Å²) >= 11 is 0. The Morgan fingerprint density at radius 3 is 2.78 bits per heavy atom. The number of carbonyl (C=O) groups excluding carboxylic acids is 1. The minimum atomic E-state index is -0.506. The molecule has 2 aromatic heterocycles. The monoisotopic (exact) mass is 368 g/mol. The highest BCUT2D eigenvalue weighted by Gasteiger charge is 2.25. The van der Waals surface area contributed by atoms with Gasteiger partial charge in [-0.25, -0.2) is 14.8 Å². The van der Waals surface area contributed by atoms with Gasteiger partial charge in [-0.15, -0.1) is 0 Å². The van der Waals surface area contributed by atoms with Crippen molar-refractivity contribution in [1.82, 2.24) is 14.5 Å². The van der Waals surface area contributed by atoms with Gasteiger partial charge in [0.25, 0.3) is 0 Å². The largest absolute Gasteiger partial charge is 0.461 e. The molecule has 1 fully saturated rings. The van der Waals surface area contributed by atoms with Gasteiger partial charge in [-0.05, 0) is 19.1 Å². The second-order valence-corrected chi connectivity index (χ2v) is 6.22. The zero-order chi connectivity index (χ0) is 19.4. The van der Waals surface area contributed by atoms with Crippen LogP contribution in [0.2, 0.25) is 0 Å². The summed E-state index contributed by atoms with van der Waals surface area (Å²) in [6.45, 7) is 3.25. The first-order chi connectivity index (χ1) is 13.0. The molecule has 3 heterocycles. The Morgan fingerprint density at radius 2 is 2.19 bits per heavy atom. The van der Waals surface area contributed by atoms with E-state index in [2.05, 4.69) is 19.9 Å². The predicted octanol–water partition coefficient (Wildman–Crippen LogP) is 1.54. The number of imidazole rings is 1. The lowest BCUT2D eigenvalue weighted by Gasteiger charge is -2.31. The van der Waals surface area contributed by atoms with Crippen LogP contribution in [0.4, 0.5) is 5.82 Å². The van der Waals surface area contributed by atoms with Gasteiger partial charge in [0.05, 0.1) is 6.61 Å². The normalized spacial score (nSPS) is 17.9. The van der Waals surface area contributed by atoms with Crippen molar-refractivity contribution in [3.8, 4) is 11.4 Å². The lowest BCUT2D eigenvalue weighted by Crippen LogP contribution is -2.39. The van der Waals surface area contributed by atoms with Gasteiger partial charge < -0.3 is 19.9 Å². The minimum Gasteiger partial charge on any atom is -0.461 e. The van der Waals surface area contributed by atoms with Crippen LogP contribution in [-0.4, -0.2) is 53.0 Å². The van der Waals surface area contributed by atoms with Crippen molar-refractivity contribution in [3.63, 3.8) is 0 Å². The molecule has 0 bridgehead atoms. The number of ether oxygens (including phenoxy) is 1. The van der Waals surface area contributed by atoms with Gasteiger partial charge in [-0.3, -0.25) is 4.99 Å². The number of rotatable bonds is 4. The highest BCUT2D eigenvalue weighted by molar-refractivity contribution is 6.08. The summed E-state index contributed by atoms with van der Waals surface area (Å²) in [6.07, 6.45) is 6.15. The fraction of sp³-hybridized carbons (Fsp3) is 0.368. The number of hydrogen-bond donors (Lipinski definition) is 1. The number of esters is 1. The molecule has 1 aliphatic rings. The lowest BCUT2D eigenvalue weighted by atomic mass is 9.99. The van der Waals surface area contributed by atoms with Gasteiger partial charge in [0.2, 0.25) is 0 Å². The predicted molar refractivity (Wildman–Crippen MR) is 104 cm³/mol. The van der Waals surface area contributed by atoms with Gasteiger partial charge >= 0.3 is 5.97 Å². The summed E-state index contributed by atoms with van der Waals surface area (Å²) in [5, 5.41) is 0. The Labute approximate surface area is 158 Å². The molecule has 8 heteroatoms. The molecule has 0 amide bonds. The van der Waals surface area contributed by atoms with E-state index < -0.39 is 5.97 Å². The SMILES string of the molecule is CCOC(=O)/C(N)=C1\CN(c2ccc(-c3nccn3C)cn2)CCC1=NC. The highest BCUT2D eigenvalue weighted by atomic mass is 16.5. The number of nitrogens with two attached hydrogens (primary N) is 1. The smallest absolute Gasteiger partial charge is 0.354 e. The molecule has 1 saturated heterocycles. The van der Waals surface area contributed by atoms with Crippen LogP contribution in [0.25, 0.3) is 11.4 Å². The Bertz CT molecular complexity index is 882.